The molecule has 0 heterocycles. The number of benzene rings is 1. The molecule has 7 heteroatoms. The van der Waals surface area contributed by atoms with E-state index in [4.69, 9.17) is 11.6 Å². The molecule has 0 saturated heterocycles. The fraction of sp³-hybridized carbons (Fsp3) is 0.273. The predicted octanol–water partition coefficient (Wildman–Crippen LogP) is 1.65. The van der Waals surface area contributed by atoms with Crippen LogP contribution in [0.15, 0.2) is 18.2 Å². The standard InChI is InChI=1S/C11H11ClF2N2O2/c12-4-1-5-15-10(17)11(18)16-9-3-2-7(13)6-8(9)14/h2-3,6H,1,4-5H2,(H,15,17)(H,16,18). The van der Waals surface area contributed by atoms with E-state index >= 15 is 0 Å². The number of hydrogen-bond acceptors (Lipinski definition) is 2. The number of anilines is 1. The maximum absolute atomic E-state index is 13.2. The van der Waals surface area contributed by atoms with E-state index in [1.54, 1.807) is 0 Å². The average Bonchev–Trinajstić information content (AvgIpc) is 2.32. The van der Waals surface area contributed by atoms with Gasteiger partial charge in [-0.3, -0.25) is 9.59 Å². The molecule has 0 aliphatic heterocycles. The van der Waals surface area contributed by atoms with E-state index < -0.39 is 23.4 Å². The zero-order valence-electron chi connectivity index (χ0n) is 9.30. The van der Waals surface area contributed by atoms with Crippen molar-refractivity contribution in [1.29, 1.82) is 0 Å². The average molecular weight is 277 g/mol. The highest BCUT2D eigenvalue weighted by Gasteiger charge is 2.15. The molecule has 98 valence electrons. The summed E-state index contributed by atoms with van der Waals surface area (Å²) in [7, 11) is 0. The van der Waals surface area contributed by atoms with Crippen molar-refractivity contribution in [2.45, 2.75) is 6.42 Å². The van der Waals surface area contributed by atoms with Crippen LogP contribution in [-0.4, -0.2) is 24.2 Å². The van der Waals surface area contributed by atoms with Crippen LogP contribution in [0, 0.1) is 11.6 Å². The van der Waals surface area contributed by atoms with Gasteiger partial charge >= 0.3 is 11.8 Å². The number of alkyl halides is 1. The Kier molecular flexibility index (Phi) is 5.51. The summed E-state index contributed by atoms with van der Waals surface area (Å²) in [5.41, 5.74) is -0.256. The number of hydrogen-bond donors (Lipinski definition) is 2. The molecule has 1 aromatic rings. The largest absolute Gasteiger partial charge is 0.348 e. The molecule has 0 saturated carbocycles. The molecule has 18 heavy (non-hydrogen) atoms. The molecule has 0 unspecified atom stereocenters. The third kappa shape index (κ3) is 4.29. The van der Waals surface area contributed by atoms with E-state index in [1.165, 1.54) is 0 Å². The van der Waals surface area contributed by atoms with Crippen molar-refractivity contribution < 1.29 is 18.4 Å². The number of carbonyl (C=O) groups excluding carboxylic acids is 2. The van der Waals surface area contributed by atoms with Crippen molar-refractivity contribution in [3.8, 4) is 0 Å². The van der Waals surface area contributed by atoms with E-state index in [2.05, 4.69) is 5.32 Å². The van der Waals surface area contributed by atoms with Gasteiger partial charge in [-0.05, 0) is 18.6 Å². The van der Waals surface area contributed by atoms with Crippen LogP contribution < -0.4 is 10.6 Å². The maximum atomic E-state index is 13.2. The fourth-order valence-electron chi connectivity index (χ4n) is 1.12. The second-order valence-corrected chi connectivity index (χ2v) is 3.75. The van der Waals surface area contributed by atoms with Crippen LogP contribution in [0.2, 0.25) is 0 Å². The highest BCUT2D eigenvalue weighted by Crippen LogP contribution is 2.14. The van der Waals surface area contributed by atoms with Crippen molar-refractivity contribution >= 4 is 29.1 Å². The lowest BCUT2D eigenvalue weighted by atomic mass is 10.3. The van der Waals surface area contributed by atoms with Crippen molar-refractivity contribution in [2.75, 3.05) is 17.7 Å². The first kappa shape index (κ1) is 14.4. The summed E-state index contributed by atoms with van der Waals surface area (Å²) in [5.74, 6) is -3.28. The van der Waals surface area contributed by atoms with Crippen LogP contribution in [0.5, 0.6) is 0 Å². The van der Waals surface area contributed by atoms with E-state index in [1.807, 2.05) is 5.32 Å². The molecule has 2 amide bonds. The minimum absolute atomic E-state index is 0.252. The Balaban J connectivity index is 2.56. The minimum Gasteiger partial charge on any atom is -0.348 e. The van der Waals surface area contributed by atoms with Gasteiger partial charge in [0, 0.05) is 18.5 Å². The molecule has 0 radical (unpaired) electrons. The molecule has 0 atom stereocenters. The Morgan fingerprint density at radius 3 is 2.56 bits per heavy atom. The maximum Gasteiger partial charge on any atom is 0.313 e. The van der Waals surface area contributed by atoms with Crippen molar-refractivity contribution in [1.82, 2.24) is 5.32 Å². The SMILES string of the molecule is O=C(NCCCCl)C(=O)Nc1ccc(F)cc1F. The van der Waals surface area contributed by atoms with Gasteiger partial charge in [0.25, 0.3) is 0 Å². The summed E-state index contributed by atoms with van der Waals surface area (Å²) in [6, 6.07) is 2.62. The molecule has 0 spiro atoms. The second-order valence-electron chi connectivity index (χ2n) is 3.38. The molecule has 4 nitrogen and oxygen atoms in total. The topological polar surface area (TPSA) is 58.2 Å². The van der Waals surface area contributed by atoms with Crippen LogP contribution in [0.3, 0.4) is 0 Å². The van der Waals surface area contributed by atoms with Crippen LogP contribution >= 0.6 is 11.6 Å². The monoisotopic (exact) mass is 276 g/mol. The molecular formula is C11H11ClF2N2O2. The normalized spacial score (nSPS) is 9.94. The van der Waals surface area contributed by atoms with E-state index in [0.717, 1.165) is 12.1 Å². The number of carbonyl (C=O) groups is 2. The van der Waals surface area contributed by atoms with Crippen LogP contribution in [0.25, 0.3) is 0 Å². The molecule has 0 bridgehead atoms. The van der Waals surface area contributed by atoms with Gasteiger partial charge in [-0.15, -0.1) is 11.6 Å². The van der Waals surface area contributed by atoms with Gasteiger partial charge < -0.3 is 10.6 Å². The summed E-state index contributed by atoms with van der Waals surface area (Å²) < 4.78 is 25.8. The first-order valence-corrected chi connectivity index (χ1v) is 5.68. The Morgan fingerprint density at radius 2 is 1.94 bits per heavy atom. The van der Waals surface area contributed by atoms with Crippen LogP contribution in [-0.2, 0) is 9.59 Å². The van der Waals surface area contributed by atoms with Gasteiger partial charge in [-0.25, -0.2) is 8.78 Å². The Morgan fingerprint density at radius 1 is 1.22 bits per heavy atom. The Bertz CT molecular complexity index is 455. The molecule has 1 aromatic carbocycles. The summed E-state index contributed by atoms with van der Waals surface area (Å²) >= 11 is 5.39. The quantitative estimate of drug-likeness (QED) is 0.499. The summed E-state index contributed by atoms with van der Waals surface area (Å²) in [6.45, 7) is 0.252. The van der Waals surface area contributed by atoms with E-state index in [-0.39, 0.29) is 12.2 Å². The zero-order valence-corrected chi connectivity index (χ0v) is 10.1. The first-order chi connectivity index (χ1) is 8.54. The van der Waals surface area contributed by atoms with Gasteiger partial charge in [0.1, 0.15) is 11.6 Å². The fourth-order valence-corrected chi connectivity index (χ4v) is 1.25. The molecule has 1 rings (SSSR count). The lowest BCUT2D eigenvalue weighted by Gasteiger charge is -2.06. The molecule has 2 N–H and O–H groups in total. The number of amides is 2. The van der Waals surface area contributed by atoms with E-state index in [9.17, 15) is 18.4 Å². The molecule has 0 aliphatic rings. The van der Waals surface area contributed by atoms with Crippen LogP contribution in [0.4, 0.5) is 14.5 Å². The molecular weight excluding hydrogens is 266 g/mol. The van der Waals surface area contributed by atoms with Gasteiger partial charge in [-0.1, -0.05) is 0 Å². The summed E-state index contributed by atoms with van der Waals surface area (Å²) in [4.78, 5) is 22.6. The highest BCUT2D eigenvalue weighted by atomic mass is 35.5. The van der Waals surface area contributed by atoms with Gasteiger partial charge in [0.15, 0.2) is 0 Å². The first-order valence-electron chi connectivity index (χ1n) is 5.15. The number of halogens is 3. The van der Waals surface area contributed by atoms with E-state index in [0.29, 0.717) is 18.4 Å². The molecule has 0 fully saturated rings. The van der Waals surface area contributed by atoms with Gasteiger partial charge in [0.2, 0.25) is 0 Å². The zero-order chi connectivity index (χ0) is 13.5. The molecule has 0 aromatic heterocycles. The minimum atomic E-state index is -1.02. The highest BCUT2D eigenvalue weighted by molar-refractivity contribution is 6.39. The summed E-state index contributed by atoms with van der Waals surface area (Å²) in [6.07, 6.45) is 0.519. The van der Waals surface area contributed by atoms with Crippen molar-refractivity contribution in [3.05, 3.63) is 29.8 Å². The summed E-state index contributed by atoms with van der Waals surface area (Å²) in [5, 5.41) is 4.34. The number of rotatable bonds is 4. The predicted molar refractivity (Wildman–Crippen MR) is 63.3 cm³/mol. The lowest BCUT2D eigenvalue weighted by Crippen LogP contribution is -2.36. The number of nitrogens with one attached hydrogen (secondary N) is 2. The lowest BCUT2D eigenvalue weighted by molar-refractivity contribution is -0.136. The smallest absolute Gasteiger partial charge is 0.313 e. The Hall–Kier alpha value is -1.69. The van der Waals surface area contributed by atoms with Crippen molar-refractivity contribution in [3.63, 3.8) is 0 Å². The Labute approximate surface area is 107 Å². The molecule has 0 aliphatic carbocycles. The third-order valence-electron chi connectivity index (χ3n) is 1.98. The van der Waals surface area contributed by atoms with Gasteiger partial charge in [0.05, 0.1) is 5.69 Å². The van der Waals surface area contributed by atoms with Crippen molar-refractivity contribution in [2.24, 2.45) is 0 Å². The third-order valence-corrected chi connectivity index (χ3v) is 2.25. The van der Waals surface area contributed by atoms with Gasteiger partial charge in [-0.2, -0.15) is 0 Å². The second kappa shape index (κ2) is 6.90. The van der Waals surface area contributed by atoms with Crippen LogP contribution in [0.1, 0.15) is 6.42 Å².